The van der Waals surface area contributed by atoms with E-state index >= 15 is 0 Å². The van der Waals surface area contributed by atoms with Crippen molar-refractivity contribution in [3.05, 3.63) is 0 Å². The molecule has 0 saturated heterocycles. The van der Waals surface area contributed by atoms with Gasteiger partial charge in [0.05, 0.1) is 13.2 Å². The number of hydrogen-bond donors (Lipinski definition) is 1. The van der Waals surface area contributed by atoms with Gasteiger partial charge in [-0.25, -0.2) is 0 Å². The number of nitrogens with zero attached hydrogens (tertiary/aromatic N) is 1. The molecule has 102 valence electrons. The van der Waals surface area contributed by atoms with Crippen molar-refractivity contribution in [3.63, 3.8) is 0 Å². The summed E-state index contributed by atoms with van der Waals surface area (Å²) in [4.78, 5) is 12.5. The number of hydrogen-bond acceptors (Lipinski definition) is 4. The number of ether oxygens (including phenoxy) is 1. The van der Waals surface area contributed by atoms with Gasteiger partial charge in [-0.2, -0.15) is 13.2 Å². The van der Waals surface area contributed by atoms with Crippen LogP contribution in [-0.4, -0.2) is 56.9 Å². The van der Waals surface area contributed by atoms with Crippen molar-refractivity contribution in [2.24, 2.45) is 0 Å². The number of esters is 1. The molecule has 0 aliphatic rings. The SMILES string of the molecule is CCOC(=O)C(CCN(C)CC(F)(F)F)NC. The first-order chi connectivity index (χ1) is 7.80. The fourth-order valence-electron chi connectivity index (χ4n) is 1.36. The summed E-state index contributed by atoms with van der Waals surface area (Å²) in [5, 5.41) is 2.72. The summed E-state index contributed by atoms with van der Waals surface area (Å²) in [5.41, 5.74) is 0. The second-order valence-electron chi connectivity index (χ2n) is 3.73. The topological polar surface area (TPSA) is 41.6 Å². The Morgan fingerprint density at radius 3 is 2.47 bits per heavy atom. The van der Waals surface area contributed by atoms with E-state index in [1.165, 1.54) is 7.05 Å². The average Bonchev–Trinajstić information content (AvgIpc) is 2.16. The van der Waals surface area contributed by atoms with Crippen molar-refractivity contribution in [3.8, 4) is 0 Å². The molecule has 1 unspecified atom stereocenters. The maximum absolute atomic E-state index is 12.0. The van der Waals surface area contributed by atoms with Crippen molar-refractivity contribution in [2.75, 3.05) is 33.8 Å². The van der Waals surface area contributed by atoms with Crippen molar-refractivity contribution in [2.45, 2.75) is 25.6 Å². The minimum Gasteiger partial charge on any atom is -0.465 e. The van der Waals surface area contributed by atoms with E-state index in [0.29, 0.717) is 0 Å². The molecule has 0 radical (unpaired) electrons. The highest BCUT2D eigenvalue weighted by molar-refractivity contribution is 5.75. The number of carbonyl (C=O) groups excluding carboxylic acids is 1. The zero-order chi connectivity index (χ0) is 13.5. The number of carbonyl (C=O) groups is 1. The number of halogens is 3. The predicted octanol–water partition coefficient (Wildman–Crippen LogP) is 1.02. The molecular formula is C10H19F3N2O2. The molecule has 1 atom stereocenters. The van der Waals surface area contributed by atoms with Crippen LogP contribution in [-0.2, 0) is 9.53 Å². The summed E-state index contributed by atoms with van der Waals surface area (Å²) in [6, 6.07) is -0.564. The lowest BCUT2D eigenvalue weighted by atomic mass is 10.2. The minimum absolute atomic E-state index is 0.170. The molecule has 0 aromatic rings. The Morgan fingerprint density at radius 2 is 2.06 bits per heavy atom. The van der Waals surface area contributed by atoms with Crippen molar-refractivity contribution >= 4 is 5.97 Å². The molecule has 1 N–H and O–H groups in total. The van der Waals surface area contributed by atoms with E-state index in [4.69, 9.17) is 4.74 Å². The molecule has 0 fully saturated rings. The molecule has 0 bridgehead atoms. The average molecular weight is 256 g/mol. The van der Waals surface area contributed by atoms with Crippen LogP contribution in [0, 0.1) is 0 Å². The molecule has 17 heavy (non-hydrogen) atoms. The van der Waals surface area contributed by atoms with E-state index in [1.54, 1.807) is 14.0 Å². The lowest BCUT2D eigenvalue weighted by Gasteiger charge is -2.21. The van der Waals surface area contributed by atoms with Crippen LogP contribution in [0.5, 0.6) is 0 Å². The van der Waals surface area contributed by atoms with Gasteiger partial charge in [0.15, 0.2) is 0 Å². The van der Waals surface area contributed by atoms with Crippen molar-refractivity contribution in [1.82, 2.24) is 10.2 Å². The van der Waals surface area contributed by atoms with Gasteiger partial charge in [0.1, 0.15) is 6.04 Å². The van der Waals surface area contributed by atoms with Gasteiger partial charge >= 0.3 is 12.1 Å². The van der Waals surface area contributed by atoms with E-state index in [0.717, 1.165) is 4.90 Å². The quantitative estimate of drug-likeness (QED) is 0.691. The van der Waals surface area contributed by atoms with Gasteiger partial charge in [-0.05, 0) is 27.4 Å². The highest BCUT2D eigenvalue weighted by Crippen LogP contribution is 2.15. The standard InChI is InChI=1S/C10H19F3N2O2/c1-4-17-9(16)8(14-2)5-6-15(3)7-10(11,12)13/h8,14H,4-7H2,1-3H3. The number of rotatable bonds is 7. The Hall–Kier alpha value is -0.820. The largest absolute Gasteiger partial charge is 0.465 e. The van der Waals surface area contributed by atoms with E-state index in [9.17, 15) is 18.0 Å². The summed E-state index contributed by atoms with van der Waals surface area (Å²) >= 11 is 0. The van der Waals surface area contributed by atoms with Gasteiger partial charge in [-0.15, -0.1) is 0 Å². The summed E-state index contributed by atoms with van der Waals surface area (Å²) in [6.45, 7) is 1.13. The van der Waals surface area contributed by atoms with Crippen LogP contribution in [0.2, 0.25) is 0 Å². The van der Waals surface area contributed by atoms with Gasteiger partial charge < -0.3 is 10.1 Å². The van der Waals surface area contributed by atoms with Crippen molar-refractivity contribution < 1.29 is 22.7 Å². The van der Waals surface area contributed by atoms with Crippen LogP contribution >= 0.6 is 0 Å². The first kappa shape index (κ1) is 16.2. The van der Waals surface area contributed by atoms with Crippen LogP contribution < -0.4 is 5.32 Å². The lowest BCUT2D eigenvalue weighted by molar-refractivity contribution is -0.147. The Bertz CT molecular complexity index is 234. The van der Waals surface area contributed by atoms with Gasteiger partial charge in [-0.3, -0.25) is 9.69 Å². The maximum Gasteiger partial charge on any atom is 0.401 e. The minimum atomic E-state index is -4.21. The molecule has 7 heteroatoms. The molecule has 0 aromatic heterocycles. The number of alkyl halides is 3. The number of likely N-dealkylation sites (N-methyl/N-ethyl adjacent to an activating group) is 1. The van der Waals surface area contributed by atoms with Crippen molar-refractivity contribution in [1.29, 1.82) is 0 Å². The third kappa shape index (κ3) is 7.98. The van der Waals surface area contributed by atoms with E-state index in [-0.39, 0.29) is 19.6 Å². The second kappa shape index (κ2) is 7.50. The molecule has 4 nitrogen and oxygen atoms in total. The zero-order valence-electron chi connectivity index (χ0n) is 10.3. The summed E-state index contributed by atoms with van der Waals surface area (Å²) < 4.78 is 40.9. The molecule has 0 amide bonds. The van der Waals surface area contributed by atoms with Gasteiger partial charge in [0.2, 0.25) is 0 Å². The third-order valence-electron chi connectivity index (χ3n) is 2.17. The number of nitrogens with one attached hydrogen (secondary N) is 1. The van der Waals surface area contributed by atoms with Crippen LogP contribution in [0.4, 0.5) is 13.2 Å². The monoisotopic (exact) mass is 256 g/mol. The summed E-state index contributed by atoms with van der Waals surface area (Å²) in [6.07, 6.45) is -3.93. The van der Waals surface area contributed by atoms with E-state index in [2.05, 4.69) is 5.32 Å². The lowest BCUT2D eigenvalue weighted by Crippen LogP contribution is -2.40. The molecule has 0 spiro atoms. The van der Waals surface area contributed by atoms with E-state index < -0.39 is 24.7 Å². The molecule has 0 aromatic carbocycles. The molecule has 0 heterocycles. The van der Waals surface area contributed by atoms with Crippen LogP contribution in [0.15, 0.2) is 0 Å². The third-order valence-corrected chi connectivity index (χ3v) is 2.17. The Labute approximate surface area is 99.1 Å². The molecule has 0 aliphatic heterocycles. The molecule has 0 rings (SSSR count). The highest BCUT2D eigenvalue weighted by atomic mass is 19.4. The highest BCUT2D eigenvalue weighted by Gasteiger charge is 2.29. The Kier molecular flexibility index (Phi) is 7.13. The zero-order valence-corrected chi connectivity index (χ0v) is 10.3. The fraction of sp³-hybridized carbons (Fsp3) is 0.900. The molecular weight excluding hydrogens is 237 g/mol. The van der Waals surface area contributed by atoms with E-state index in [1.807, 2.05) is 0 Å². The second-order valence-corrected chi connectivity index (χ2v) is 3.73. The normalized spacial score (nSPS) is 13.8. The van der Waals surface area contributed by atoms with Crippen LogP contribution in [0.3, 0.4) is 0 Å². The molecule has 0 saturated carbocycles. The smallest absolute Gasteiger partial charge is 0.401 e. The Balaban J connectivity index is 4.02. The first-order valence-corrected chi connectivity index (χ1v) is 5.39. The van der Waals surface area contributed by atoms with Gasteiger partial charge in [0.25, 0.3) is 0 Å². The molecule has 0 aliphatic carbocycles. The van der Waals surface area contributed by atoms with Crippen LogP contribution in [0.25, 0.3) is 0 Å². The predicted molar refractivity (Wildman–Crippen MR) is 57.6 cm³/mol. The first-order valence-electron chi connectivity index (χ1n) is 5.39. The van der Waals surface area contributed by atoms with Gasteiger partial charge in [-0.1, -0.05) is 0 Å². The maximum atomic E-state index is 12.0. The Morgan fingerprint density at radius 1 is 1.47 bits per heavy atom. The fourth-order valence-corrected chi connectivity index (χ4v) is 1.36. The summed E-state index contributed by atoms with van der Waals surface area (Å²) in [7, 11) is 2.94. The van der Waals surface area contributed by atoms with Crippen LogP contribution in [0.1, 0.15) is 13.3 Å². The van der Waals surface area contributed by atoms with Gasteiger partial charge in [0, 0.05) is 6.54 Å². The summed E-state index contributed by atoms with van der Waals surface area (Å²) in [5.74, 6) is -0.435.